The third-order valence-corrected chi connectivity index (χ3v) is 5.35. The Morgan fingerprint density at radius 1 is 1.26 bits per heavy atom. The quantitative estimate of drug-likeness (QED) is 0.617. The number of fused-ring (bicyclic) bond motifs is 1. The third-order valence-electron chi connectivity index (χ3n) is 5.35. The smallest absolute Gasteiger partial charge is 0.254 e. The summed E-state index contributed by atoms with van der Waals surface area (Å²) in [6.45, 7) is 5.38. The van der Waals surface area contributed by atoms with E-state index in [1.165, 1.54) is 5.56 Å². The van der Waals surface area contributed by atoms with Crippen molar-refractivity contribution in [2.45, 2.75) is 39.7 Å². The van der Waals surface area contributed by atoms with Crippen molar-refractivity contribution >= 4 is 5.91 Å². The van der Waals surface area contributed by atoms with E-state index in [0.717, 1.165) is 11.3 Å². The second-order valence-corrected chi connectivity index (χ2v) is 7.72. The lowest BCUT2D eigenvalue weighted by molar-refractivity contribution is -0.132. The highest BCUT2D eigenvalue weighted by Gasteiger charge is 2.24. The number of benzene rings is 1. The molecule has 8 nitrogen and oxygen atoms in total. The first-order valence-corrected chi connectivity index (χ1v) is 10.4. The van der Waals surface area contributed by atoms with Gasteiger partial charge in [0.15, 0.2) is 5.82 Å². The van der Waals surface area contributed by atoms with E-state index in [-0.39, 0.29) is 11.5 Å². The summed E-state index contributed by atoms with van der Waals surface area (Å²) in [5.74, 6) is 1.26. The van der Waals surface area contributed by atoms with Gasteiger partial charge >= 0.3 is 0 Å². The van der Waals surface area contributed by atoms with E-state index >= 15 is 0 Å². The first-order valence-electron chi connectivity index (χ1n) is 10.4. The molecule has 4 rings (SSSR count). The number of nitrogens with zero attached hydrogens (tertiary/aromatic N) is 4. The van der Waals surface area contributed by atoms with Gasteiger partial charge in [-0.3, -0.25) is 14.6 Å². The van der Waals surface area contributed by atoms with Crippen LogP contribution >= 0.6 is 0 Å². The van der Waals surface area contributed by atoms with Gasteiger partial charge in [0.2, 0.25) is 5.91 Å². The minimum atomic E-state index is -0.181. The van der Waals surface area contributed by atoms with Gasteiger partial charge in [0.25, 0.3) is 5.56 Å². The average Bonchev–Trinajstić information content (AvgIpc) is 2.78. The average molecular weight is 419 g/mol. The minimum absolute atomic E-state index is 0.0398. The molecule has 3 aromatic rings. The van der Waals surface area contributed by atoms with Crippen LogP contribution in [0.3, 0.4) is 0 Å². The van der Waals surface area contributed by atoms with Crippen molar-refractivity contribution in [1.29, 1.82) is 0 Å². The minimum Gasteiger partial charge on any atom is -0.493 e. The Balaban J connectivity index is 1.36. The Kier molecular flexibility index (Phi) is 6.06. The zero-order valence-corrected chi connectivity index (χ0v) is 17.7. The molecule has 0 fully saturated rings. The monoisotopic (exact) mass is 419 g/mol. The number of hydrogen-bond acceptors (Lipinski definition) is 6. The van der Waals surface area contributed by atoms with Gasteiger partial charge < -0.3 is 14.6 Å². The number of aromatic amines is 1. The van der Waals surface area contributed by atoms with Crippen molar-refractivity contribution in [3.8, 4) is 17.3 Å². The van der Waals surface area contributed by atoms with Crippen molar-refractivity contribution in [1.82, 2.24) is 24.8 Å². The predicted octanol–water partition coefficient (Wildman–Crippen LogP) is 2.59. The van der Waals surface area contributed by atoms with Gasteiger partial charge in [-0.25, -0.2) is 9.97 Å². The number of H-pyrrole nitrogens is 1. The zero-order valence-electron chi connectivity index (χ0n) is 17.7. The standard InChI is InChI=1S/C23H25N5O3/c1-15-5-6-20(16(2)12-15)31-11-3-4-21(29)28-10-7-17-19(14-28)26-22(27-23(17)30)18-13-24-8-9-25-18/h5-6,8-9,12-13H,3-4,7,10-11,14H2,1-2H3,(H,26,27,30). The molecule has 0 radical (unpaired) electrons. The summed E-state index contributed by atoms with van der Waals surface area (Å²) in [6, 6.07) is 6.06. The van der Waals surface area contributed by atoms with Crippen molar-refractivity contribution < 1.29 is 9.53 Å². The van der Waals surface area contributed by atoms with Gasteiger partial charge in [-0.15, -0.1) is 0 Å². The van der Waals surface area contributed by atoms with Crippen LogP contribution in [0.4, 0.5) is 0 Å². The zero-order chi connectivity index (χ0) is 21.8. The van der Waals surface area contributed by atoms with Gasteiger partial charge in [-0.05, 0) is 38.3 Å². The predicted molar refractivity (Wildman–Crippen MR) is 116 cm³/mol. The fourth-order valence-electron chi connectivity index (χ4n) is 3.72. The first-order chi connectivity index (χ1) is 15.0. The lowest BCUT2D eigenvalue weighted by Gasteiger charge is -2.28. The van der Waals surface area contributed by atoms with Crippen LogP contribution in [0.2, 0.25) is 0 Å². The Morgan fingerprint density at radius 3 is 2.90 bits per heavy atom. The summed E-state index contributed by atoms with van der Waals surface area (Å²) in [4.78, 5) is 42.5. The number of hydrogen-bond donors (Lipinski definition) is 1. The molecule has 0 spiro atoms. The largest absolute Gasteiger partial charge is 0.493 e. The van der Waals surface area contributed by atoms with Crippen molar-refractivity contribution in [3.63, 3.8) is 0 Å². The summed E-state index contributed by atoms with van der Waals surface area (Å²) in [6.07, 6.45) is 6.16. The van der Waals surface area contributed by atoms with Crippen LogP contribution in [0.5, 0.6) is 5.75 Å². The molecule has 1 aliphatic heterocycles. The molecule has 0 unspecified atom stereocenters. The second-order valence-electron chi connectivity index (χ2n) is 7.72. The number of nitrogens with one attached hydrogen (secondary N) is 1. The molecule has 1 amide bonds. The molecule has 1 aromatic carbocycles. The van der Waals surface area contributed by atoms with Crippen LogP contribution in [0.25, 0.3) is 11.5 Å². The number of aromatic nitrogens is 4. The van der Waals surface area contributed by atoms with Crippen LogP contribution in [0, 0.1) is 13.8 Å². The third kappa shape index (κ3) is 4.79. The maximum Gasteiger partial charge on any atom is 0.254 e. The normalized spacial score (nSPS) is 13.0. The second kappa shape index (κ2) is 9.07. The highest BCUT2D eigenvalue weighted by Crippen LogP contribution is 2.20. The molecule has 0 saturated carbocycles. The summed E-state index contributed by atoms with van der Waals surface area (Å²) >= 11 is 0. The van der Waals surface area contributed by atoms with E-state index in [9.17, 15) is 9.59 Å². The fourth-order valence-corrected chi connectivity index (χ4v) is 3.72. The number of rotatable bonds is 6. The summed E-state index contributed by atoms with van der Waals surface area (Å²) in [5.41, 5.74) is 3.86. The topological polar surface area (TPSA) is 101 Å². The van der Waals surface area contributed by atoms with Gasteiger partial charge in [0.05, 0.1) is 25.0 Å². The van der Waals surface area contributed by atoms with E-state index in [4.69, 9.17) is 4.74 Å². The first kappa shape index (κ1) is 20.7. The SMILES string of the molecule is Cc1ccc(OCCCC(=O)N2CCc3c(nc(-c4cnccn4)[nH]c3=O)C2)c(C)c1. The maximum atomic E-state index is 12.7. The lowest BCUT2D eigenvalue weighted by atomic mass is 10.1. The van der Waals surface area contributed by atoms with Crippen LogP contribution < -0.4 is 10.3 Å². The fraction of sp³-hybridized carbons (Fsp3) is 0.348. The van der Waals surface area contributed by atoms with Crippen LogP contribution in [0.1, 0.15) is 35.2 Å². The Bertz CT molecular complexity index is 1140. The summed E-state index contributed by atoms with van der Waals surface area (Å²) in [5, 5.41) is 0. The molecular formula is C23H25N5O3. The maximum absolute atomic E-state index is 12.7. The Labute approximate surface area is 180 Å². The molecule has 1 aliphatic rings. The van der Waals surface area contributed by atoms with Crippen LogP contribution in [0.15, 0.2) is 41.6 Å². The van der Waals surface area contributed by atoms with E-state index in [0.29, 0.717) is 61.7 Å². The van der Waals surface area contributed by atoms with Gasteiger partial charge in [-0.2, -0.15) is 0 Å². The summed E-state index contributed by atoms with van der Waals surface area (Å²) in [7, 11) is 0. The van der Waals surface area contributed by atoms with Crippen molar-refractivity contribution in [2.75, 3.05) is 13.2 Å². The van der Waals surface area contributed by atoms with Crippen molar-refractivity contribution in [2.24, 2.45) is 0 Å². The molecule has 8 heteroatoms. The highest BCUT2D eigenvalue weighted by molar-refractivity contribution is 5.76. The molecule has 0 bridgehead atoms. The molecule has 3 heterocycles. The molecule has 0 atom stereocenters. The van der Waals surface area contributed by atoms with E-state index < -0.39 is 0 Å². The Hall–Kier alpha value is -3.55. The van der Waals surface area contributed by atoms with E-state index in [2.05, 4.69) is 26.0 Å². The lowest BCUT2D eigenvalue weighted by Crippen LogP contribution is -2.39. The van der Waals surface area contributed by atoms with Gasteiger partial charge in [0, 0.05) is 30.9 Å². The molecule has 0 aliphatic carbocycles. The molecular weight excluding hydrogens is 394 g/mol. The molecule has 2 aromatic heterocycles. The van der Waals surface area contributed by atoms with Crippen LogP contribution in [-0.4, -0.2) is 43.9 Å². The number of carbonyl (C=O) groups is 1. The number of aryl methyl sites for hydroxylation is 2. The van der Waals surface area contributed by atoms with Gasteiger partial charge in [-0.1, -0.05) is 17.7 Å². The molecule has 31 heavy (non-hydrogen) atoms. The van der Waals surface area contributed by atoms with Crippen molar-refractivity contribution in [3.05, 3.63) is 69.5 Å². The van der Waals surface area contributed by atoms with Crippen LogP contribution in [-0.2, 0) is 17.8 Å². The van der Waals surface area contributed by atoms with Gasteiger partial charge in [0.1, 0.15) is 11.4 Å². The molecule has 1 N–H and O–H groups in total. The Morgan fingerprint density at radius 2 is 2.13 bits per heavy atom. The molecule has 160 valence electrons. The summed E-state index contributed by atoms with van der Waals surface area (Å²) < 4.78 is 5.82. The number of ether oxygens (including phenoxy) is 1. The number of carbonyl (C=O) groups excluding carboxylic acids is 1. The molecule has 0 saturated heterocycles. The number of amides is 1. The van der Waals surface area contributed by atoms with E-state index in [1.807, 2.05) is 26.0 Å². The highest BCUT2D eigenvalue weighted by atomic mass is 16.5. The van der Waals surface area contributed by atoms with E-state index in [1.54, 1.807) is 23.5 Å².